The summed E-state index contributed by atoms with van der Waals surface area (Å²) < 4.78 is 65.9. The van der Waals surface area contributed by atoms with Gasteiger partial charge >= 0.3 is 6.18 Å². The standard InChI is InChI=1S/C19H26F3N3O3S/c1-2-4-16(23)18(26)24-17-8-7-12-10-25(11-15(12)17)29(27,28)14-6-3-5-13(9-14)19(20,21)22/h3,5-6,9,12,15-17H,2,4,7-8,10-11,23H2,1H3,(H,24,26)/t12-,15?,16-,17?/m0/s1. The molecule has 6 nitrogen and oxygen atoms in total. The van der Waals surface area contributed by atoms with E-state index in [4.69, 9.17) is 5.73 Å². The van der Waals surface area contributed by atoms with Crippen LogP contribution in [-0.4, -0.2) is 43.8 Å². The molecule has 162 valence electrons. The maximum Gasteiger partial charge on any atom is 0.416 e. The minimum atomic E-state index is -4.61. The lowest BCUT2D eigenvalue weighted by Crippen LogP contribution is -2.47. The Balaban J connectivity index is 1.72. The zero-order chi connectivity index (χ0) is 21.4. The summed E-state index contributed by atoms with van der Waals surface area (Å²) in [5.41, 5.74) is 4.86. The second kappa shape index (κ2) is 8.23. The van der Waals surface area contributed by atoms with E-state index in [-0.39, 0.29) is 41.8 Å². The van der Waals surface area contributed by atoms with Crippen LogP contribution >= 0.6 is 0 Å². The Morgan fingerprint density at radius 2 is 2.03 bits per heavy atom. The van der Waals surface area contributed by atoms with E-state index in [1.807, 2.05) is 6.92 Å². The molecule has 2 aliphatic rings. The fourth-order valence-corrected chi connectivity index (χ4v) is 5.89. The first-order valence-electron chi connectivity index (χ1n) is 9.77. The molecule has 1 heterocycles. The minimum Gasteiger partial charge on any atom is -0.352 e. The van der Waals surface area contributed by atoms with E-state index in [2.05, 4.69) is 5.32 Å². The third-order valence-electron chi connectivity index (χ3n) is 5.89. The lowest BCUT2D eigenvalue weighted by atomic mass is 9.97. The molecule has 1 saturated carbocycles. The summed E-state index contributed by atoms with van der Waals surface area (Å²) in [5.74, 6) is -0.228. The summed E-state index contributed by atoms with van der Waals surface area (Å²) in [7, 11) is -4.04. The Hall–Kier alpha value is -1.65. The summed E-state index contributed by atoms with van der Waals surface area (Å²) in [6.45, 7) is 2.36. The molecule has 1 aliphatic heterocycles. The minimum absolute atomic E-state index is 0.0617. The van der Waals surface area contributed by atoms with Gasteiger partial charge < -0.3 is 11.1 Å². The normalized spacial score (nSPS) is 26.3. The third kappa shape index (κ3) is 4.59. The van der Waals surface area contributed by atoms with Gasteiger partial charge in [-0.25, -0.2) is 8.42 Å². The first-order chi connectivity index (χ1) is 13.5. The van der Waals surface area contributed by atoms with Crippen molar-refractivity contribution in [1.29, 1.82) is 0 Å². The van der Waals surface area contributed by atoms with Gasteiger partial charge in [0, 0.05) is 19.1 Å². The number of nitrogens with zero attached hydrogens (tertiary/aromatic N) is 1. The molecule has 1 saturated heterocycles. The SMILES string of the molecule is CCC[C@H](N)C(=O)NC1CC[C@H]2CN(S(=O)(=O)c3cccc(C(F)(F)F)c3)CC12. The number of carbonyl (C=O) groups is 1. The molecule has 10 heteroatoms. The van der Waals surface area contributed by atoms with E-state index in [0.717, 1.165) is 31.4 Å². The van der Waals surface area contributed by atoms with Crippen LogP contribution in [0.25, 0.3) is 0 Å². The number of nitrogens with two attached hydrogens (primary N) is 1. The van der Waals surface area contributed by atoms with Crippen LogP contribution < -0.4 is 11.1 Å². The molecule has 0 radical (unpaired) electrons. The predicted molar refractivity (Wildman–Crippen MR) is 101 cm³/mol. The van der Waals surface area contributed by atoms with Gasteiger partial charge in [-0.1, -0.05) is 19.4 Å². The Kier molecular flexibility index (Phi) is 6.26. The Labute approximate surface area is 168 Å². The average Bonchev–Trinajstić information content (AvgIpc) is 3.24. The van der Waals surface area contributed by atoms with Crippen LogP contribution in [-0.2, 0) is 21.0 Å². The van der Waals surface area contributed by atoms with E-state index >= 15 is 0 Å². The molecule has 0 spiro atoms. The van der Waals surface area contributed by atoms with Gasteiger partial charge in [0.15, 0.2) is 0 Å². The number of sulfonamides is 1. The average molecular weight is 433 g/mol. The number of nitrogens with one attached hydrogen (secondary N) is 1. The van der Waals surface area contributed by atoms with Gasteiger partial charge in [0.2, 0.25) is 15.9 Å². The van der Waals surface area contributed by atoms with Gasteiger partial charge in [-0.2, -0.15) is 17.5 Å². The second-order valence-corrected chi connectivity index (χ2v) is 9.80. The van der Waals surface area contributed by atoms with Crippen LogP contribution in [0.15, 0.2) is 29.2 Å². The van der Waals surface area contributed by atoms with Crippen molar-refractivity contribution >= 4 is 15.9 Å². The van der Waals surface area contributed by atoms with Crippen molar-refractivity contribution in [2.24, 2.45) is 17.6 Å². The van der Waals surface area contributed by atoms with Gasteiger partial charge in [0.05, 0.1) is 16.5 Å². The maximum absolute atomic E-state index is 13.0. The van der Waals surface area contributed by atoms with Crippen LogP contribution in [0.4, 0.5) is 13.2 Å². The Morgan fingerprint density at radius 3 is 2.69 bits per heavy atom. The van der Waals surface area contributed by atoms with E-state index in [0.29, 0.717) is 12.5 Å². The van der Waals surface area contributed by atoms with Crippen LogP contribution in [0.5, 0.6) is 0 Å². The zero-order valence-corrected chi connectivity index (χ0v) is 17.0. The molecule has 1 aromatic rings. The number of halogens is 3. The van der Waals surface area contributed by atoms with Crippen molar-refractivity contribution in [3.63, 3.8) is 0 Å². The number of hydrogen-bond donors (Lipinski definition) is 2. The van der Waals surface area contributed by atoms with E-state index in [1.54, 1.807) is 0 Å². The molecule has 1 aromatic carbocycles. The monoisotopic (exact) mass is 433 g/mol. The summed E-state index contributed by atoms with van der Waals surface area (Å²) in [6, 6.07) is 3.05. The molecule has 1 amide bonds. The van der Waals surface area contributed by atoms with E-state index < -0.39 is 27.8 Å². The van der Waals surface area contributed by atoms with E-state index in [9.17, 15) is 26.4 Å². The molecular weight excluding hydrogens is 407 g/mol. The number of rotatable bonds is 6. The summed E-state index contributed by atoms with van der Waals surface area (Å²) in [6.07, 6.45) is -1.75. The lowest BCUT2D eigenvalue weighted by molar-refractivity contribution is -0.137. The van der Waals surface area contributed by atoms with Crippen molar-refractivity contribution in [1.82, 2.24) is 9.62 Å². The highest BCUT2D eigenvalue weighted by Gasteiger charge is 2.47. The molecule has 2 unspecified atom stereocenters. The highest BCUT2D eigenvalue weighted by Crippen LogP contribution is 2.40. The van der Waals surface area contributed by atoms with Crippen molar-refractivity contribution in [2.75, 3.05) is 13.1 Å². The fraction of sp³-hybridized carbons (Fsp3) is 0.632. The molecule has 4 atom stereocenters. The summed E-state index contributed by atoms with van der Waals surface area (Å²) >= 11 is 0. The summed E-state index contributed by atoms with van der Waals surface area (Å²) in [5, 5.41) is 2.94. The Morgan fingerprint density at radius 1 is 1.31 bits per heavy atom. The van der Waals surface area contributed by atoms with Crippen molar-refractivity contribution in [3.8, 4) is 0 Å². The van der Waals surface area contributed by atoms with Crippen molar-refractivity contribution < 1.29 is 26.4 Å². The highest BCUT2D eigenvalue weighted by molar-refractivity contribution is 7.89. The lowest BCUT2D eigenvalue weighted by Gasteiger charge is -2.23. The van der Waals surface area contributed by atoms with Crippen LogP contribution in [0.2, 0.25) is 0 Å². The smallest absolute Gasteiger partial charge is 0.352 e. The molecule has 2 fully saturated rings. The molecule has 0 aromatic heterocycles. The topological polar surface area (TPSA) is 92.5 Å². The number of hydrogen-bond acceptors (Lipinski definition) is 4. The number of benzene rings is 1. The predicted octanol–water partition coefficient (Wildman–Crippen LogP) is 2.35. The highest BCUT2D eigenvalue weighted by atomic mass is 32.2. The molecule has 3 N–H and O–H groups in total. The summed E-state index contributed by atoms with van der Waals surface area (Å²) in [4.78, 5) is 11.9. The molecule has 29 heavy (non-hydrogen) atoms. The third-order valence-corrected chi connectivity index (χ3v) is 7.71. The van der Waals surface area contributed by atoms with Crippen molar-refractivity contribution in [3.05, 3.63) is 29.8 Å². The number of alkyl halides is 3. The van der Waals surface area contributed by atoms with Gasteiger partial charge in [-0.15, -0.1) is 0 Å². The largest absolute Gasteiger partial charge is 0.416 e. The van der Waals surface area contributed by atoms with Crippen LogP contribution in [0, 0.1) is 11.8 Å². The van der Waals surface area contributed by atoms with Crippen molar-refractivity contribution in [2.45, 2.75) is 55.8 Å². The van der Waals surface area contributed by atoms with Gasteiger partial charge in [-0.3, -0.25) is 4.79 Å². The zero-order valence-electron chi connectivity index (χ0n) is 16.2. The maximum atomic E-state index is 13.0. The first kappa shape index (κ1) is 22.0. The van der Waals surface area contributed by atoms with Gasteiger partial charge in [0.1, 0.15) is 0 Å². The molecule has 3 rings (SSSR count). The Bertz CT molecular complexity index is 860. The van der Waals surface area contributed by atoms with Crippen LogP contribution in [0.1, 0.15) is 38.2 Å². The van der Waals surface area contributed by atoms with Crippen LogP contribution in [0.3, 0.4) is 0 Å². The molecule has 0 bridgehead atoms. The fourth-order valence-electron chi connectivity index (χ4n) is 4.31. The second-order valence-electron chi connectivity index (χ2n) is 7.86. The van der Waals surface area contributed by atoms with E-state index in [1.165, 1.54) is 10.4 Å². The quantitative estimate of drug-likeness (QED) is 0.720. The number of amides is 1. The molecule has 1 aliphatic carbocycles. The number of carbonyl (C=O) groups excluding carboxylic acids is 1. The first-order valence-corrected chi connectivity index (χ1v) is 11.2. The van der Waals surface area contributed by atoms with Gasteiger partial charge in [-0.05, 0) is 49.3 Å². The molecular formula is C19H26F3N3O3S. The van der Waals surface area contributed by atoms with Gasteiger partial charge in [0.25, 0.3) is 0 Å². The number of fused-ring (bicyclic) bond motifs is 1.